The van der Waals surface area contributed by atoms with E-state index in [1.807, 2.05) is 24.8 Å². The molecule has 1 aromatic carbocycles. The van der Waals surface area contributed by atoms with Crippen LogP contribution in [-0.4, -0.2) is 58.7 Å². The number of likely N-dealkylation sites (N-methyl/N-ethyl adjacent to an activating group) is 1. The van der Waals surface area contributed by atoms with E-state index in [0.717, 1.165) is 55.2 Å². The number of carbonyl (C=O) groups excluding carboxylic acids is 1. The SMILES string of the molecule is Cc1nn(-c2ccc(Cl)cc2Cl)c(C)c1CC(=O)N1CCCN(C)CC1. The number of rotatable bonds is 3. The summed E-state index contributed by atoms with van der Waals surface area (Å²) in [5, 5.41) is 5.73. The Kier molecular flexibility index (Phi) is 5.90. The van der Waals surface area contributed by atoms with Gasteiger partial charge in [-0.3, -0.25) is 4.79 Å². The number of aryl methyl sites for hydroxylation is 1. The molecule has 0 spiro atoms. The van der Waals surface area contributed by atoms with E-state index >= 15 is 0 Å². The van der Waals surface area contributed by atoms with Gasteiger partial charge in [0.2, 0.25) is 5.91 Å². The lowest BCUT2D eigenvalue weighted by atomic mass is 10.1. The van der Waals surface area contributed by atoms with Gasteiger partial charge in [0.15, 0.2) is 0 Å². The fourth-order valence-electron chi connectivity index (χ4n) is 3.38. The van der Waals surface area contributed by atoms with E-state index in [4.69, 9.17) is 23.2 Å². The van der Waals surface area contributed by atoms with Gasteiger partial charge in [-0.2, -0.15) is 5.10 Å². The van der Waals surface area contributed by atoms with Gasteiger partial charge in [0, 0.05) is 35.9 Å². The maximum absolute atomic E-state index is 12.8. The number of halogens is 2. The van der Waals surface area contributed by atoms with Gasteiger partial charge in [0.05, 0.1) is 22.8 Å². The molecule has 140 valence electrons. The first-order valence-electron chi connectivity index (χ1n) is 8.83. The third-order valence-electron chi connectivity index (χ3n) is 4.98. The summed E-state index contributed by atoms with van der Waals surface area (Å²) in [5.41, 5.74) is 3.53. The zero-order valence-electron chi connectivity index (χ0n) is 15.4. The van der Waals surface area contributed by atoms with Gasteiger partial charge in [-0.05, 0) is 52.1 Å². The molecule has 7 heteroatoms. The second-order valence-electron chi connectivity index (χ2n) is 6.87. The summed E-state index contributed by atoms with van der Waals surface area (Å²) in [6, 6.07) is 5.34. The minimum absolute atomic E-state index is 0.160. The third-order valence-corrected chi connectivity index (χ3v) is 5.52. The first-order valence-corrected chi connectivity index (χ1v) is 9.59. The van der Waals surface area contributed by atoms with Crippen LogP contribution < -0.4 is 0 Å². The first kappa shape index (κ1) is 19.2. The number of amides is 1. The van der Waals surface area contributed by atoms with Crippen LogP contribution in [0, 0.1) is 13.8 Å². The first-order chi connectivity index (χ1) is 12.4. The minimum Gasteiger partial charge on any atom is -0.341 e. The Morgan fingerprint density at radius 2 is 1.92 bits per heavy atom. The molecule has 5 nitrogen and oxygen atoms in total. The molecule has 0 N–H and O–H groups in total. The summed E-state index contributed by atoms with van der Waals surface area (Å²) in [4.78, 5) is 17.1. The van der Waals surface area contributed by atoms with E-state index in [9.17, 15) is 4.79 Å². The second-order valence-corrected chi connectivity index (χ2v) is 7.71. The molecule has 1 aromatic heterocycles. The molecule has 1 aliphatic heterocycles. The van der Waals surface area contributed by atoms with Crippen LogP contribution in [0.3, 0.4) is 0 Å². The van der Waals surface area contributed by atoms with E-state index < -0.39 is 0 Å². The van der Waals surface area contributed by atoms with Crippen molar-refractivity contribution in [1.82, 2.24) is 19.6 Å². The van der Waals surface area contributed by atoms with Crippen molar-refractivity contribution in [2.45, 2.75) is 26.7 Å². The monoisotopic (exact) mass is 394 g/mol. The average molecular weight is 395 g/mol. The average Bonchev–Trinajstić information content (AvgIpc) is 2.76. The lowest BCUT2D eigenvalue weighted by Crippen LogP contribution is -2.35. The quantitative estimate of drug-likeness (QED) is 0.799. The molecule has 0 unspecified atom stereocenters. The highest BCUT2D eigenvalue weighted by Crippen LogP contribution is 2.27. The molecule has 1 fully saturated rings. The zero-order chi connectivity index (χ0) is 18.8. The van der Waals surface area contributed by atoms with Crippen LogP contribution in [-0.2, 0) is 11.2 Å². The van der Waals surface area contributed by atoms with Crippen LogP contribution in [0.4, 0.5) is 0 Å². The predicted octanol–water partition coefficient (Wildman–Crippen LogP) is 3.50. The Morgan fingerprint density at radius 3 is 2.65 bits per heavy atom. The zero-order valence-corrected chi connectivity index (χ0v) is 16.9. The fourth-order valence-corrected chi connectivity index (χ4v) is 3.87. The van der Waals surface area contributed by atoms with Crippen LogP contribution in [0.1, 0.15) is 23.4 Å². The Hall–Kier alpha value is -1.56. The van der Waals surface area contributed by atoms with Crippen molar-refractivity contribution in [1.29, 1.82) is 0 Å². The van der Waals surface area contributed by atoms with Crippen LogP contribution >= 0.6 is 23.2 Å². The summed E-state index contributed by atoms with van der Waals surface area (Å²) in [5.74, 6) is 0.160. The third kappa shape index (κ3) is 4.05. The molecule has 0 saturated carbocycles. The van der Waals surface area contributed by atoms with Gasteiger partial charge in [-0.1, -0.05) is 23.2 Å². The van der Waals surface area contributed by atoms with E-state index in [1.165, 1.54) is 0 Å². The number of carbonyl (C=O) groups is 1. The smallest absolute Gasteiger partial charge is 0.227 e. The summed E-state index contributed by atoms with van der Waals surface area (Å²) in [7, 11) is 2.10. The molecule has 2 heterocycles. The maximum Gasteiger partial charge on any atom is 0.227 e. The van der Waals surface area contributed by atoms with E-state index in [2.05, 4.69) is 17.0 Å². The summed E-state index contributed by atoms with van der Waals surface area (Å²) >= 11 is 12.3. The number of nitrogens with zero attached hydrogens (tertiary/aromatic N) is 4. The Morgan fingerprint density at radius 1 is 1.15 bits per heavy atom. The molecule has 26 heavy (non-hydrogen) atoms. The summed E-state index contributed by atoms with van der Waals surface area (Å²) < 4.78 is 1.80. The lowest BCUT2D eigenvalue weighted by molar-refractivity contribution is -0.130. The molecule has 0 aliphatic carbocycles. The van der Waals surface area contributed by atoms with Crippen molar-refractivity contribution in [2.24, 2.45) is 0 Å². The molecule has 1 aliphatic rings. The van der Waals surface area contributed by atoms with Crippen molar-refractivity contribution < 1.29 is 4.79 Å². The van der Waals surface area contributed by atoms with E-state index in [1.54, 1.807) is 16.8 Å². The van der Waals surface area contributed by atoms with Crippen molar-refractivity contribution >= 4 is 29.1 Å². The topological polar surface area (TPSA) is 41.4 Å². The van der Waals surface area contributed by atoms with Crippen LogP contribution in [0.5, 0.6) is 0 Å². The molecule has 2 aromatic rings. The van der Waals surface area contributed by atoms with Gasteiger partial charge < -0.3 is 9.80 Å². The molecular formula is C19H24Cl2N4O. The summed E-state index contributed by atoms with van der Waals surface area (Å²) in [6.07, 6.45) is 1.38. The van der Waals surface area contributed by atoms with Crippen molar-refractivity contribution in [2.75, 3.05) is 33.2 Å². The Labute approximate surface area is 164 Å². The normalized spacial score (nSPS) is 16.0. The minimum atomic E-state index is 0.160. The van der Waals surface area contributed by atoms with Crippen molar-refractivity contribution in [3.8, 4) is 5.69 Å². The van der Waals surface area contributed by atoms with Gasteiger partial charge in [-0.15, -0.1) is 0 Å². The fraction of sp³-hybridized carbons (Fsp3) is 0.474. The molecule has 0 bridgehead atoms. The largest absolute Gasteiger partial charge is 0.341 e. The predicted molar refractivity (Wildman–Crippen MR) is 105 cm³/mol. The number of aromatic nitrogens is 2. The number of benzene rings is 1. The van der Waals surface area contributed by atoms with E-state index in [0.29, 0.717) is 16.5 Å². The van der Waals surface area contributed by atoms with E-state index in [-0.39, 0.29) is 5.91 Å². The maximum atomic E-state index is 12.8. The molecular weight excluding hydrogens is 371 g/mol. The standard InChI is InChI=1S/C19H24Cl2N4O/c1-13-16(12-19(26)24-8-4-7-23(3)9-10-24)14(2)25(22-13)18-6-5-15(20)11-17(18)21/h5-6,11H,4,7-10,12H2,1-3H3. The molecule has 0 atom stereocenters. The highest BCUT2D eigenvalue weighted by atomic mass is 35.5. The molecule has 0 radical (unpaired) electrons. The molecule has 1 amide bonds. The van der Waals surface area contributed by atoms with Gasteiger partial charge in [0.1, 0.15) is 0 Å². The highest BCUT2D eigenvalue weighted by molar-refractivity contribution is 6.35. The highest BCUT2D eigenvalue weighted by Gasteiger charge is 2.22. The number of hydrogen-bond donors (Lipinski definition) is 0. The van der Waals surface area contributed by atoms with Crippen LogP contribution in [0.25, 0.3) is 5.69 Å². The second kappa shape index (κ2) is 7.99. The van der Waals surface area contributed by atoms with Gasteiger partial charge in [-0.25, -0.2) is 4.68 Å². The molecule has 1 saturated heterocycles. The molecule has 3 rings (SSSR count). The summed E-state index contributed by atoms with van der Waals surface area (Å²) in [6.45, 7) is 7.47. The van der Waals surface area contributed by atoms with Crippen LogP contribution in [0.15, 0.2) is 18.2 Å². The van der Waals surface area contributed by atoms with Gasteiger partial charge >= 0.3 is 0 Å². The Bertz CT molecular complexity index is 818. The van der Waals surface area contributed by atoms with Crippen molar-refractivity contribution in [3.63, 3.8) is 0 Å². The van der Waals surface area contributed by atoms with Gasteiger partial charge in [0.25, 0.3) is 0 Å². The van der Waals surface area contributed by atoms with Crippen LogP contribution in [0.2, 0.25) is 10.0 Å². The Balaban J connectivity index is 1.83. The number of hydrogen-bond acceptors (Lipinski definition) is 3. The van der Waals surface area contributed by atoms with Crippen molar-refractivity contribution in [3.05, 3.63) is 45.2 Å². The lowest BCUT2D eigenvalue weighted by Gasteiger charge is -2.20.